The van der Waals surface area contributed by atoms with Crippen molar-refractivity contribution in [2.75, 3.05) is 31.2 Å². The molecule has 3 heterocycles. The van der Waals surface area contributed by atoms with Gasteiger partial charge < -0.3 is 15.4 Å². The van der Waals surface area contributed by atoms with Gasteiger partial charge in [-0.05, 0) is 35.9 Å². The summed E-state index contributed by atoms with van der Waals surface area (Å²) in [6.07, 6.45) is 1.75. The van der Waals surface area contributed by atoms with Gasteiger partial charge in [-0.1, -0.05) is 12.1 Å². The Balaban J connectivity index is 1.73. The van der Waals surface area contributed by atoms with Gasteiger partial charge in [0.05, 0.1) is 24.2 Å². The average molecular weight is 334 g/mol. The summed E-state index contributed by atoms with van der Waals surface area (Å²) in [4.78, 5) is 22.5. The van der Waals surface area contributed by atoms with E-state index in [1.165, 1.54) is 5.69 Å². The van der Waals surface area contributed by atoms with Crippen molar-refractivity contribution in [2.45, 2.75) is 0 Å². The lowest BCUT2D eigenvalue weighted by atomic mass is 10.0. The zero-order valence-corrected chi connectivity index (χ0v) is 13.7. The highest BCUT2D eigenvalue weighted by Gasteiger charge is 2.13. The van der Waals surface area contributed by atoms with Crippen LogP contribution in [0.2, 0.25) is 0 Å². The third kappa shape index (κ3) is 3.04. The van der Waals surface area contributed by atoms with E-state index in [4.69, 9.17) is 10.5 Å². The molecule has 4 rings (SSSR count). The number of carbonyl (C=O) groups excluding carboxylic acids is 1. The predicted molar refractivity (Wildman–Crippen MR) is 96.5 cm³/mol. The molecule has 1 aliphatic heterocycles. The normalized spacial score (nSPS) is 14.6. The number of carbonyl (C=O) groups is 1. The van der Waals surface area contributed by atoms with E-state index in [0.717, 1.165) is 42.9 Å². The lowest BCUT2D eigenvalue weighted by Gasteiger charge is -2.28. The van der Waals surface area contributed by atoms with E-state index < -0.39 is 5.91 Å². The second kappa shape index (κ2) is 6.49. The minimum absolute atomic E-state index is 0.242. The Morgan fingerprint density at radius 3 is 2.52 bits per heavy atom. The van der Waals surface area contributed by atoms with Gasteiger partial charge in [-0.3, -0.25) is 9.78 Å². The molecule has 0 bridgehead atoms. The Kier molecular flexibility index (Phi) is 4.03. The van der Waals surface area contributed by atoms with Gasteiger partial charge in [0.25, 0.3) is 5.91 Å². The highest BCUT2D eigenvalue weighted by Crippen LogP contribution is 2.28. The van der Waals surface area contributed by atoms with Gasteiger partial charge in [0, 0.05) is 30.5 Å². The van der Waals surface area contributed by atoms with Crippen LogP contribution in [0, 0.1) is 0 Å². The summed E-state index contributed by atoms with van der Waals surface area (Å²) in [5.74, 6) is -0.542. The van der Waals surface area contributed by atoms with Gasteiger partial charge in [-0.15, -0.1) is 0 Å². The maximum atomic E-state index is 11.4. The summed E-state index contributed by atoms with van der Waals surface area (Å²) in [5, 5.41) is 0. The van der Waals surface area contributed by atoms with Crippen LogP contribution in [0.4, 0.5) is 5.69 Å². The lowest BCUT2D eigenvalue weighted by molar-refractivity contribution is 0.0996. The third-order valence-corrected chi connectivity index (χ3v) is 4.39. The molecule has 6 heteroatoms. The zero-order valence-electron chi connectivity index (χ0n) is 13.7. The summed E-state index contributed by atoms with van der Waals surface area (Å²) in [7, 11) is 0. The molecule has 0 spiro atoms. The lowest BCUT2D eigenvalue weighted by Crippen LogP contribution is -2.36. The van der Waals surface area contributed by atoms with E-state index in [1.807, 2.05) is 6.07 Å². The number of rotatable bonds is 3. The Morgan fingerprint density at radius 2 is 1.80 bits per heavy atom. The number of amides is 1. The second-order valence-electron chi connectivity index (χ2n) is 5.93. The van der Waals surface area contributed by atoms with Crippen molar-refractivity contribution in [2.24, 2.45) is 5.73 Å². The molecular weight excluding hydrogens is 316 g/mol. The van der Waals surface area contributed by atoms with Crippen LogP contribution in [0.1, 0.15) is 10.5 Å². The van der Waals surface area contributed by atoms with Gasteiger partial charge >= 0.3 is 0 Å². The number of benzene rings is 1. The highest BCUT2D eigenvalue weighted by molar-refractivity contribution is 5.97. The zero-order chi connectivity index (χ0) is 17.2. The Labute approximate surface area is 145 Å². The van der Waals surface area contributed by atoms with Crippen LogP contribution in [-0.2, 0) is 4.74 Å². The Hall–Kier alpha value is -2.99. The second-order valence-corrected chi connectivity index (χ2v) is 5.93. The molecule has 0 saturated carbocycles. The molecule has 1 saturated heterocycles. The molecular formula is C19H18N4O2. The van der Waals surface area contributed by atoms with Crippen molar-refractivity contribution in [1.29, 1.82) is 0 Å². The molecule has 6 nitrogen and oxygen atoms in total. The standard InChI is InChI=1S/C19H18N4O2/c20-19(24)17-6-5-16-18(22-17)15(7-8-21-16)13-1-3-14(4-2-13)23-9-11-25-12-10-23/h1-8H,9-12H2,(H2,20,24). The van der Waals surface area contributed by atoms with Crippen LogP contribution in [0.15, 0.2) is 48.7 Å². The van der Waals surface area contributed by atoms with Gasteiger partial charge in [-0.2, -0.15) is 0 Å². The fraction of sp³-hybridized carbons (Fsp3) is 0.211. The molecule has 1 fully saturated rings. The monoisotopic (exact) mass is 334 g/mol. The smallest absolute Gasteiger partial charge is 0.267 e. The van der Waals surface area contributed by atoms with Crippen LogP contribution >= 0.6 is 0 Å². The van der Waals surface area contributed by atoms with E-state index in [2.05, 4.69) is 39.1 Å². The van der Waals surface area contributed by atoms with E-state index in [1.54, 1.807) is 18.3 Å². The van der Waals surface area contributed by atoms with Crippen molar-refractivity contribution >= 4 is 22.6 Å². The van der Waals surface area contributed by atoms with Crippen LogP contribution in [0.25, 0.3) is 22.2 Å². The summed E-state index contributed by atoms with van der Waals surface area (Å²) >= 11 is 0. The number of pyridine rings is 2. The summed E-state index contributed by atoms with van der Waals surface area (Å²) in [6.45, 7) is 3.33. The number of nitrogens with two attached hydrogens (primary N) is 1. The number of hydrogen-bond acceptors (Lipinski definition) is 5. The quantitative estimate of drug-likeness (QED) is 0.794. The van der Waals surface area contributed by atoms with Gasteiger partial charge in [0.15, 0.2) is 0 Å². The van der Waals surface area contributed by atoms with Crippen LogP contribution in [0.5, 0.6) is 0 Å². The molecule has 2 N–H and O–H groups in total. The molecule has 1 aliphatic rings. The van der Waals surface area contributed by atoms with E-state index >= 15 is 0 Å². The molecule has 1 amide bonds. The topological polar surface area (TPSA) is 81.3 Å². The first-order valence-corrected chi connectivity index (χ1v) is 8.21. The predicted octanol–water partition coefficient (Wildman–Crippen LogP) is 2.23. The molecule has 0 unspecified atom stereocenters. The summed E-state index contributed by atoms with van der Waals surface area (Å²) < 4.78 is 5.40. The number of anilines is 1. The van der Waals surface area contributed by atoms with E-state index in [9.17, 15) is 4.79 Å². The molecule has 0 radical (unpaired) electrons. The SMILES string of the molecule is NC(=O)c1ccc2nccc(-c3ccc(N4CCOCC4)cc3)c2n1. The molecule has 126 valence electrons. The van der Waals surface area contributed by atoms with E-state index in [-0.39, 0.29) is 5.69 Å². The first kappa shape index (κ1) is 15.5. The molecule has 2 aromatic heterocycles. The number of aromatic nitrogens is 2. The summed E-state index contributed by atoms with van der Waals surface area (Å²) in [6, 6.07) is 13.6. The van der Waals surface area contributed by atoms with Crippen molar-refractivity contribution in [3.05, 3.63) is 54.4 Å². The molecule has 0 aliphatic carbocycles. The van der Waals surface area contributed by atoms with Gasteiger partial charge in [-0.25, -0.2) is 4.98 Å². The van der Waals surface area contributed by atoms with Crippen molar-refractivity contribution in [1.82, 2.24) is 9.97 Å². The van der Waals surface area contributed by atoms with Crippen molar-refractivity contribution in [3.63, 3.8) is 0 Å². The van der Waals surface area contributed by atoms with Gasteiger partial charge in [0.2, 0.25) is 0 Å². The first-order chi connectivity index (χ1) is 12.2. The van der Waals surface area contributed by atoms with Crippen molar-refractivity contribution < 1.29 is 9.53 Å². The van der Waals surface area contributed by atoms with Crippen LogP contribution in [-0.4, -0.2) is 42.2 Å². The minimum atomic E-state index is -0.542. The molecule has 25 heavy (non-hydrogen) atoms. The molecule has 0 atom stereocenters. The Morgan fingerprint density at radius 1 is 1.04 bits per heavy atom. The maximum Gasteiger partial charge on any atom is 0.267 e. The largest absolute Gasteiger partial charge is 0.378 e. The number of fused-ring (bicyclic) bond motifs is 1. The maximum absolute atomic E-state index is 11.4. The van der Waals surface area contributed by atoms with Crippen LogP contribution < -0.4 is 10.6 Å². The number of primary amides is 1. The fourth-order valence-corrected chi connectivity index (χ4v) is 3.07. The van der Waals surface area contributed by atoms with Crippen molar-refractivity contribution in [3.8, 4) is 11.1 Å². The number of hydrogen-bond donors (Lipinski definition) is 1. The molecule has 3 aromatic rings. The summed E-state index contributed by atoms with van der Waals surface area (Å²) in [5.41, 5.74) is 10.2. The third-order valence-electron chi connectivity index (χ3n) is 4.39. The fourth-order valence-electron chi connectivity index (χ4n) is 3.07. The Bertz CT molecular complexity index is 918. The van der Waals surface area contributed by atoms with E-state index in [0.29, 0.717) is 5.52 Å². The number of nitrogens with zero attached hydrogens (tertiary/aromatic N) is 3. The number of ether oxygens (including phenoxy) is 1. The molecule has 1 aromatic carbocycles. The first-order valence-electron chi connectivity index (χ1n) is 8.21. The number of morpholine rings is 1. The minimum Gasteiger partial charge on any atom is -0.378 e. The van der Waals surface area contributed by atoms with Gasteiger partial charge in [0.1, 0.15) is 5.69 Å². The highest BCUT2D eigenvalue weighted by atomic mass is 16.5. The average Bonchev–Trinajstić information content (AvgIpc) is 2.68. The van der Waals surface area contributed by atoms with Crippen LogP contribution in [0.3, 0.4) is 0 Å².